The summed E-state index contributed by atoms with van der Waals surface area (Å²) in [4.78, 5) is 18.5. The normalized spacial score (nSPS) is 12.0. The predicted octanol–water partition coefficient (Wildman–Crippen LogP) is 0.280. The average molecular weight is 285 g/mol. The topological polar surface area (TPSA) is 133 Å². The third kappa shape index (κ3) is 4.28. The number of aliphatic hydroxyl groups is 2. The van der Waals surface area contributed by atoms with Crippen LogP contribution in [-0.2, 0) is 0 Å². The SMILES string of the molecule is CCCNc1nc(C)c([N+](=O)[O-])c(NCC(O)CO)n1. The summed E-state index contributed by atoms with van der Waals surface area (Å²) in [7, 11) is 0. The number of nitro groups is 1. The lowest BCUT2D eigenvalue weighted by Crippen LogP contribution is -2.24. The molecule has 0 aliphatic carbocycles. The number of aryl methyl sites for hydroxylation is 1. The van der Waals surface area contributed by atoms with E-state index in [4.69, 9.17) is 5.11 Å². The van der Waals surface area contributed by atoms with Crippen LogP contribution < -0.4 is 10.6 Å². The lowest BCUT2D eigenvalue weighted by atomic mass is 10.3. The van der Waals surface area contributed by atoms with Crippen molar-refractivity contribution in [3.63, 3.8) is 0 Å². The second-order valence-electron chi connectivity index (χ2n) is 4.23. The summed E-state index contributed by atoms with van der Waals surface area (Å²) in [6.45, 7) is 3.66. The van der Waals surface area contributed by atoms with E-state index in [0.717, 1.165) is 6.42 Å². The van der Waals surface area contributed by atoms with E-state index in [9.17, 15) is 15.2 Å². The molecule has 0 radical (unpaired) electrons. The minimum Gasteiger partial charge on any atom is -0.394 e. The van der Waals surface area contributed by atoms with Crippen molar-refractivity contribution in [2.75, 3.05) is 30.3 Å². The molecule has 9 nitrogen and oxygen atoms in total. The van der Waals surface area contributed by atoms with Crippen LogP contribution in [0.4, 0.5) is 17.5 Å². The third-order valence-electron chi connectivity index (χ3n) is 2.49. The molecule has 0 aliphatic rings. The molecule has 0 aliphatic heterocycles. The zero-order valence-electron chi connectivity index (χ0n) is 11.5. The Labute approximate surface area is 116 Å². The molecule has 112 valence electrons. The quantitative estimate of drug-likeness (QED) is 0.395. The monoisotopic (exact) mass is 285 g/mol. The maximum Gasteiger partial charge on any atom is 0.332 e. The molecule has 1 aromatic rings. The summed E-state index contributed by atoms with van der Waals surface area (Å²) >= 11 is 0. The first-order valence-corrected chi connectivity index (χ1v) is 6.29. The molecule has 0 fully saturated rings. The minimum absolute atomic E-state index is 0.0219. The fourth-order valence-electron chi connectivity index (χ4n) is 1.50. The summed E-state index contributed by atoms with van der Waals surface area (Å²) in [5.41, 5.74) is -0.0122. The number of hydrogen-bond donors (Lipinski definition) is 4. The van der Waals surface area contributed by atoms with E-state index in [1.807, 2.05) is 6.92 Å². The zero-order chi connectivity index (χ0) is 15.1. The van der Waals surface area contributed by atoms with E-state index < -0.39 is 17.6 Å². The summed E-state index contributed by atoms with van der Waals surface area (Å²) in [5, 5.41) is 34.7. The molecule has 4 N–H and O–H groups in total. The van der Waals surface area contributed by atoms with Crippen LogP contribution in [-0.4, -0.2) is 50.9 Å². The van der Waals surface area contributed by atoms with Gasteiger partial charge in [0, 0.05) is 13.1 Å². The van der Waals surface area contributed by atoms with Gasteiger partial charge in [-0.25, -0.2) is 4.98 Å². The number of nitrogens with one attached hydrogen (secondary N) is 2. The molecule has 0 spiro atoms. The third-order valence-corrected chi connectivity index (χ3v) is 2.49. The number of rotatable bonds is 8. The number of nitrogens with zero attached hydrogens (tertiary/aromatic N) is 3. The first-order valence-electron chi connectivity index (χ1n) is 6.29. The molecule has 0 amide bonds. The van der Waals surface area contributed by atoms with Crippen molar-refractivity contribution >= 4 is 17.5 Å². The molecule has 1 heterocycles. The molecule has 0 saturated carbocycles. The molecule has 1 aromatic heterocycles. The summed E-state index contributed by atoms with van der Waals surface area (Å²) in [6.07, 6.45) is -0.150. The first kappa shape index (κ1) is 16.1. The highest BCUT2D eigenvalue weighted by atomic mass is 16.6. The van der Waals surface area contributed by atoms with Crippen molar-refractivity contribution in [1.29, 1.82) is 0 Å². The van der Waals surface area contributed by atoms with E-state index in [1.165, 1.54) is 6.92 Å². The molecule has 1 rings (SSSR count). The molecule has 20 heavy (non-hydrogen) atoms. The Kier molecular flexibility index (Phi) is 6.07. The van der Waals surface area contributed by atoms with Crippen molar-refractivity contribution < 1.29 is 15.1 Å². The van der Waals surface area contributed by atoms with Gasteiger partial charge in [0.25, 0.3) is 0 Å². The molecule has 0 saturated heterocycles. The fraction of sp³-hybridized carbons (Fsp3) is 0.636. The molecule has 1 unspecified atom stereocenters. The molecule has 1 atom stereocenters. The lowest BCUT2D eigenvalue weighted by Gasteiger charge is -2.12. The number of aliphatic hydroxyl groups excluding tert-OH is 2. The number of aromatic nitrogens is 2. The maximum atomic E-state index is 11.0. The number of hydrogen-bond acceptors (Lipinski definition) is 8. The average Bonchev–Trinajstić information content (AvgIpc) is 2.41. The highest BCUT2D eigenvalue weighted by Crippen LogP contribution is 2.26. The van der Waals surface area contributed by atoms with Gasteiger partial charge in [0.15, 0.2) is 0 Å². The van der Waals surface area contributed by atoms with Gasteiger partial charge in [-0.2, -0.15) is 4.98 Å². The van der Waals surface area contributed by atoms with Gasteiger partial charge in [0.1, 0.15) is 5.69 Å². The van der Waals surface area contributed by atoms with E-state index >= 15 is 0 Å². The Bertz CT molecular complexity index is 468. The molecule has 9 heteroatoms. The summed E-state index contributed by atoms with van der Waals surface area (Å²) in [6, 6.07) is 0. The van der Waals surface area contributed by atoms with Gasteiger partial charge in [-0.15, -0.1) is 0 Å². The van der Waals surface area contributed by atoms with Crippen LogP contribution >= 0.6 is 0 Å². The van der Waals surface area contributed by atoms with Crippen molar-refractivity contribution in [2.24, 2.45) is 0 Å². The van der Waals surface area contributed by atoms with E-state index in [1.54, 1.807) is 0 Å². The minimum atomic E-state index is -1.02. The van der Waals surface area contributed by atoms with Crippen LogP contribution in [0.3, 0.4) is 0 Å². The van der Waals surface area contributed by atoms with Crippen LogP contribution in [0.5, 0.6) is 0 Å². The van der Waals surface area contributed by atoms with Gasteiger partial charge in [-0.3, -0.25) is 10.1 Å². The van der Waals surface area contributed by atoms with E-state index in [0.29, 0.717) is 6.54 Å². The van der Waals surface area contributed by atoms with Crippen molar-refractivity contribution in [3.05, 3.63) is 15.8 Å². The Morgan fingerprint density at radius 1 is 1.40 bits per heavy atom. The lowest BCUT2D eigenvalue weighted by molar-refractivity contribution is -0.385. The van der Waals surface area contributed by atoms with Gasteiger partial charge in [-0.1, -0.05) is 6.92 Å². The zero-order valence-corrected chi connectivity index (χ0v) is 11.5. The van der Waals surface area contributed by atoms with Crippen LogP contribution in [0.25, 0.3) is 0 Å². The van der Waals surface area contributed by atoms with Crippen LogP contribution in [0.15, 0.2) is 0 Å². The Balaban J connectivity index is 3.01. The second kappa shape index (κ2) is 7.56. The largest absolute Gasteiger partial charge is 0.394 e. The van der Waals surface area contributed by atoms with Gasteiger partial charge in [0.05, 0.1) is 17.6 Å². The Hall–Kier alpha value is -2.00. The van der Waals surface area contributed by atoms with Crippen molar-refractivity contribution in [3.8, 4) is 0 Å². The smallest absolute Gasteiger partial charge is 0.332 e. The summed E-state index contributed by atoms with van der Waals surface area (Å²) in [5.74, 6) is 0.310. The second-order valence-corrected chi connectivity index (χ2v) is 4.23. The van der Waals surface area contributed by atoms with Gasteiger partial charge in [0.2, 0.25) is 11.8 Å². The van der Waals surface area contributed by atoms with E-state index in [2.05, 4.69) is 20.6 Å². The van der Waals surface area contributed by atoms with Gasteiger partial charge >= 0.3 is 5.69 Å². The molecular weight excluding hydrogens is 266 g/mol. The van der Waals surface area contributed by atoms with Crippen molar-refractivity contribution in [1.82, 2.24) is 9.97 Å². The highest BCUT2D eigenvalue weighted by Gasteiger charge is 2.22. The standard InChI is InChI=1S/C11H19N5O4/c1-3-4-12-11-14-7(2)9(16(19)20)10(15-11)13-5-8(18)6-17/h8,17-18H,3-6H2,1-2H3,(H2,12,13,14,15). The first-order chi connectivity index (χ1) is 9.49. The van der Waals surface area contributed by atoms with Crippen LogP contribution in [0, 0.1) is 17.0 Å². The fourth-order valence-corrected chi connectivity index (χ4v) is 1.50. The molecule has 0 bridgehead atoms. The maximum absolute atomic E-state index is 11.0. The van der Waals surface area contributed by atoms with E-state index in [-0.39, 0.29) is 29.7 Å². The van der Waals surface area contributed by atoms with Crippen molar-refractivity contribution in [2.45, 2.75) is 26.4 Å². The Morgan fingerprint density at radius 2 is 2.10 bits per heavy atom. The van der Waals surface area contributed by atoms with Crippen LogP contribution in [0.2, 0.25) is 0 Å². The Morgan fingerprint density at radius 3 is 2.65 bits per heavy atom. The van der Waals surface area contributed by atoms with Crippen LogP contribution in [0.1, 0.15) is 19.0 Å². The predicted molar refractivity (Wildman–Crippen MR) is 73.8 cm³/mol. The number of anilines is 2. The van der Waals surface area contributed by atoms with Gasteiger partial charge in [-0.05, 0) is 13.3 Å². The molecular formula is C11H19N5O4. The van der Waals surface area contributed by atoms with Gasteiger partial charge < -0.3 is 20.8 Å². The summed E-state index contributed by atoms with van der Waals surface area (Å²) < 4.78 is 0. The highest BCUT2D eigenvalue weighted by molar-refractivity contribution is 5.60. The molecule has 0 aromatic carbocycles.